The first kappa shape index (κ1) is 18.1. The highest BCUT2D eigenvalue weighted by Gasteiger charge is 2.41. The molecule has 1 heterocycles. The first-order valence-corrected chi connectivity index (χ1v) is 8.62. The third-order valence-corrected chi connectivity index (χ3v) is 4.46. The maximum Gasteiger partial charge on any atom is 0.396 e. The van der Waals surface area contributed by atoms with Crippen molar-refractivity contribution in [1.82, 2.24) is 9.93 Å². The van der Waals surface area contributed by atoms with Gasteiger partial charge < -0.3 is 5.02 Å². The summed E-state index contributed by atoms with van der Waals surface area (Å²) in [5.41, 5.74) is 2.75. The van der Waals surface area contributed by atoms with Gasteiger partial charge in [0.1, 0.15) is 0 Å². The number of nitrogens with zero attached hydrogens (tertiary/aromatic N) is 2. The van der Waals surface area contributed by atoms with Crippen molar-refractivity contribution in [3.05, 3.63) is 83.4 Å². The fourth-order valence-corrected chi connectivity index (χ4v) is 3.05. The van der Waals surface area contributed by atoms with Crippen molar-refractivity contribution in [2.45, 2.75) is 19.7 Å². The van der Waals surface area contributed by atoms with Crippen LogP contribution < -0.4 is 0 Å². The molecule has 0 fully saturated rings. The van der Waals surface area contributed by atoms with Crippen LogP contribution in [-0.2, 0) is 6.42 Å². The summed E-state index contributed by atoms with van der Waals surface area (Å²) in [6, 6.07) is 16.7. The highest BCUT2D eigenvalue weighted by atomic mass is 16.2. The molecule has 132 valence electrons. The number of aryl methyl sites for hydroxylation is 1. The van der Waals surface area contributed by atoms with Gasteiger partial charge in [-0.15, -0.1) is 0 Å². The maximum atomic E-state index is 12.6. The molecule has 0 spiro atoms. The highest BCUT2D eigenvalue weighted by molar-refractivity contribution is 6.46. The number of hydrogen-bond donors (Lipinski definition) is 1. The average molecular weight is 348 g/mol. The number of amides is 2. The Morgan fingerprint density at radius 3 is 2.12 bits per heavy atom. The summed E-state index contributed by atoms with van der Waals surface area (Å²) in [6.45, 7) is 5.83. The lowest BCUT2D eigenvalue weighted by molar-refractivity contribution is 0.0300. The van der Waals surface area contributed by atoms with E-state index in [9.17, 15) is 14.6 Å². The van der Waals surface area contributed by atoms with Crippen molar-refractivity contribution in [3.63, 3.8) is 0 Å². The fraction of sp³-hybridized carbons (Fsp3) is 0.200. The Hall–Kier alpha value is -2.70. The number of benzene rings is 2. The molecule has 2 aromatic rings. The van der Waals surface area contributed by atoms with Crippen LogP contribution >= 0.6 is 0 Å². The van der Waals surface area contributed by atoms with E-state index >= 15 is 0 Å². The Kier molecular flexibility index (Phi) is 5.35. The van der Waals surface area contributed by atoms with Gasteiger partial charge in [0.05, 0.1) is 11.1 Å². The van der Waals surface area contributed by atoms with E-state index in [2.05, 4.69) is 6.58 Å². The Balaban J connectivity index is 1.71. The minimum Gasteiger partial charge on any atom is -0.436 e. The third kappa shape index (κ3) is 3.61. The SMILES string of the molecule is C=C(CCc1ccccc1)CN(B(C)O)N1C(=O)c2ccccc2C1=O. The molecule has 0 bridgehead atoms. The van der Waals surface area contributed by atoms with Crippen LogP contribution in [0.25, 0.3) is 0 Å². The van der Waals surface area contributed by atoms with Crippen molar-refractivity contribution in [2.75, 3.05) is 6.54 Å². The molecule has 2 amide bonds. The van der Waals surface area contributed by atoms with Gasteiger partial charge >= 0.3 is 7.05 Å². The lowest BCUT2D eigenvalue weighted by Gasteiger charge is -2.31. The summed E-state index contributed by atoms with van der Waals surface area (Å²) in [4.78, 5) is 26.6. The van der Waals surface area contributed by atoms with Gasteiger partial charge in [0.25, 0.3) is 11.8 Å². The van der Waals surface area contributed by atoms with E-state index in [-0.39, 0.29) is 6.54 Å². The monoisotopic (exact) mass is 348 g/mol. The lowest BCUT2D eigenvalue weighted by atomic mass is 9.86. The first-order valence-electron chi connectivity index (χ1n) is 8.62. The van der Waals surface area contributed by atoms with E-state index in [1.807, 2.05) is 30.3 Å². The number of carbonyl (C=O) groups excluding carboxylic acids is 2. The molecular weight excluding hydrogens is 327 g/mol. The summed E-state index contributed by atoms with van der Waals surface area (Å²) in [7, 11) is -0.995. The molecule has 2 aromatic carbocycles. The minimum absolute atomic E-state index is 0.232. The molecule has 0 aromatic heterocycles. The second-order valence-electron chi connectivity index (χ2n) is 6.43. The molecule has 6 heteroatoms. The van der Waals surface area contributed by atoms with Crippen LogP contribution in [-0.4, -0.2) is 40.4 Å². The number of rotatable bonds is 7. The molecule has 3 rings (SSSR count). The molecule has 0 saturated carbocycles. The predicted molar refractivity (Wildman–Crippen MR) is 101 cm³/mol. The van der Waals surface area contributed by atoms with Crippen LogP contribution in [0.3, 0.4) is 0 Å². The van der Waals surface area contributed by atoms with Crippen LogP contribution in [0.5, 0.6) is 0 Å². The van der Waals surface area contributed by atoms with Crippen molar-refractivity contribution in [3.8, 4) is 0 Å². The molecule has 1 aliphatic rings. The van der Waals surface area contributed by atoms with Crippen LogP contribution in [0.4, 0.5) is 0 Å². The second kappa shape index (κ2) is 7.68. The molecule has 0 aliphatic carbocycles. The van der Waals surface area contributed by atoms with Gasteiger partial charge in [-0.1, -0.05) is 54.6 Å². The van der Waals surface area contributed by atoms with Crippen molar-refractivity contribution < 1.29 is 14.6 Å². The molecule has 26 heavy (non-hydrogen) atoms. The molecular formula is C20H21BN2O3. The molecule has 5 nitrogen and oxygen atoms in total. The molecule has 0 unspecified atom stereocenters. The smallest absolute Gasteiger partial charge is 0.396 e. The molecule has 1 N–H and O–H groups in total. The maximum absolute atomic E-state index is 12.6. The Morgan fingerprint density at radius 1 is 1.04 bits per heavy atom. The highest BCUT2D eigenvalue weighted by Crippen LogP contribution is 2.25. The molecule has 1 aliphatic heterocycles. The zero-order valence-corrected chi connectivity index (χ0v) is 14.8. The number of carbonyl (C=O) groups is 2. The van der Waals surface area contributed by atoms with Crippen LogP contribution in [0.15, 0.2) is 66.7 Å². The van der Waals surface area contributed by atoms with E-state index < -0.39 is 18.9 Å². The van der Waals surface area contributed by atoms with Gasteiger partial charge in [-0.3, -0.25) is 9.59 Å². The van der Waals surface area contributed by atoms with E-state index in [1.165, 1.54) is 17.3 Å². The summed E-state index contributed by atoms with van der Waals surface area (Å²) in [5.74, 6) is -0.829. The number of fused-ring (bicyclic) bond motifs is 1. The summed E-state index contributed by atoms with van der Waals surface area (Å²) < 4.78 is 0. The first-order chi connectivity index (χ1) is 12.5. The van der Waals surface area contributed by atoms with Gasteiger partial charge in [-0.25, -0.2) is 9.93 Å². The van der Waals surface area contributed by atoms with Gasteiger partial charge in [0, 0.05) is 6.54 Å². The normalized spacial score (nSPS) is 13.3. The number of hydrazine groups is 1. The van der Waals surface area contributed by atoms with Crippen molar-refractivity contribution >= 4 is 18.9 Å². The topological polar surface area (TPSA) is 60.9 Å². The van der Waals surface area contributed by atoms with Gasteiger partial charge in [-0.05, 0) is 37.4 Å². The van der Waals surface area contributed by atoms with E-state index in [0.29, 0.717) is 17.5 Å². The van der Waals surface area contributed by atoms with Crippen LogP contribution in [0.1, 0.15) is 32.7 Å². The third-order valence-electron chi connectivity index (χ3n) is 4.46. The van der Waals surface area contributed by atoms with E-state index in [1.54, 1.807) is 24.3 Å². The van der Waals surface area contributed by atoms with E-state index in [0.717, 1.165) is 17.0 Å². The number of hydrogen-bond acceptors (Lipinski definition) is 4. The Bertz CT molecular complexity index is 801. The quantitative estimate of drug-likeness (QED) is 0.475. The summed E-state index contributed by atoms with van der Waals surface area (Å²) in [6.07, 6.45) is 1.52. The van der Waals surface area contributed by atoms with E-state index in [4.69, 9.17) is 0 Å². The standard InChI is InChI=1S/C20H21BN2O3/c1-15(12-13-16-8-4-3-5-9-16)14-22(21(2)26)23-19(24)17-10-6-7-11-18(17)20(23)25/h3-11,26H,1,12-14H2,2H3. The minimum atomic E-state index is -0.995. The second-order valence-corrected chi connectivity index (χ2v) is 6.43. The Morgan fingerprint density at radius 2 is 1.58 bits per heavy atom. The van der Waals surface area contributed by atoms with Crippen LogP contribution in [0, 0.1) is 0 Å². The van der Waals surface area contributed by atoms with Gasteiger partial charge in [-0.2, -0.15) is 0 Å². The number of imide groups is 1. The predicted octanol–water partition coefficient (Wildman–Crippen LogP) is 2.80. The van der Waals surface area contributed by atoms with Crippen molar-refractivity contribution in [2.24, 2.45) is 0 Å². The zero-order chi connectivity index (χ0) is 18.7. The zero-order valence-electron chi connectivity index (χ0n) is 14.8. The summed E-state index contributed by atoms with van der Waals surface area (Å²) in [5, 5.41) is 11.2. The molecule has 0 saturated heterocycles. The molecule has 0 atom stereocenters. The fourth-order valence-electron chi connectivity index (χ4n) is 3.05. The largest absolute Gasteiger partial charge is 0.436 e. The van der Waals surface area contributed by atoms with Crippen molar-refractivity contribution in [1.29, 1.82) is 0 Å². The van der Waals surface area contributed by atoms with Gasteiger partial charge in [0.2, 0.25) is 0 Å². The summed E-state index contributed by atoms with van der Waals surface area (Å²) >= 11 is 0. The lowest BCUT2D eigenvalue weighted by Crippen LogP contribution is -2.53. The average Bonchev–Trinajstić information content (AvgIpc) is 2.90. The van der Waals surface area contributed by atoms with Gasteiger partial charge in [0.15, 0.2) is 0 Å². The molecule has 0 radical (unpaired) electrons. The Labute approximate surface area is 153 Å². The van der Waals surface area contributed by atoms with Crippen LogP contribution in [0.2, 0.25) is 6.82 Å².